The van der Waals surface area contributed by atoms with Crippen LogP contribution in [0.3, 0.4) is 0 Å². The summed E-state index contributed by atoms with van der Waals surface area (Å²) in [4.78, 5) is 0. The highest BCUT2D eigenvalue weighted by Crippen LogP contribution is 2.42. The molecule has 2 nitrogen and oxygen atoms in total. The molecule has 5 aromatic carbocycles. The van der Waals surface area contributed by atoms with Gasteiger partial charge in [0.25, 0.3) is 0 Å². The molecule has 2 unspecified atom stereocenters. The number of benzene rings is 5. The Labute approximate surface area is 293 Å². The number of nitrogens with zero attached hydrogens (tertiary/aromatic N) is 2. The zero-order chi connectivity index (χ0) is 33.0. The third kappa shape index (κ3) is 4.78. The van der Waals surface area contributed by atoms with Crippen LogP contribution in [0, 0.1) is 11.8 Å². The summed E-state index contributed by atoms with van der Waals surface area (Å²) in [7, 11) is 0. The van der Waals surface area contributed by atoms with Crippen LogP contribution in [-0.2, 0) is 6.42 Å². The van der Waals surface area contributed by atoms with Crippen molar-refractivity contribution in [1.82, 2.24) is 9.13 Å². The van der Waals surface area contributed by atoms with Gasteiger partial charge in [0.2, 0.25) is 0 Å². The third-order valence-electron chi connectivity index (χ3n) is 11.2. The average Bonchev–Trinajstić information content (AvgIpc) is 3.71. The monoisotopic (exact) mass is 642 g/mol. The van der Waals surface area contributed by atoms with Crippen LogP contribution in [0.4, 0.5) is 0 Å². The Hall–Kier alpha value is -5.86. The summed E-state index contributed by atoms with van der Waals surface area (Å²) < 4.78 is 4.96. The normalized spacial score (nSPS) is 18.5. The Morgan fingerprint density at radius 2 is 1.24 bits per heavy atom. The molecule has 2 atom stereocenters. The second-order valence-corrected chi connectivity index (χ2v) is 14.0. The number of fused-ring (bicyclic) bond motifs is 6. The van der Waals surface area contributed by atoms with Gasteiger partial charge in [0.1, 0.15) is 0 Å². The van der Waals surface area contributed by atoms with Crippen molar-refractivity contribution >= 4 is 50.1 Å². The molecule has 0 fully saturated rings. The molecule has 0 radical (unpaired) electrons. The lowest BCUT2D eigenvalue weighted by Gasteiger charge is -2.25. The smallest absolute Gasteiger partial charge is 0.0541 e. The van der Waals surface area contributed by atoms with E-state index in [9.17, 15) is 0 Å². The molecule has 0 amide bonds. The largest absolute Gasteiger partial charge is 0.313 e. The molecule has 0 spiro atoms. The Morgan fingerprint density at radius 3 is 2.04 bits per heavy atom. The van der Waals surface area contributed by atoms with Gasteiger partial charge in [0.05, 0.1) is 16.6 Å². The highest BCUT2D eigenvalue weighted by atomic mass is 15.0. The van der Waals surface area contributed by atoms with Gasteiger partial charge in [-0.15, -0.1) is 0 Å². The fourth-order valence-corrected chi connectivity index (χ4v) is 8.66. The number of hydrogen-bond donors (Lipinski definition) is 0. The topological polar surface area (TPSA) is 9.86 Å². The van der Waals surface area contributed by atoms with Crippen molar-refractivity contribution in [3.05, 3.63) is 181 Å². The first kappa shape index (κ1) is 29.1. The minimum absolute atomic E-state index is 0.552. The molecule has 50 heavy (non-hydrogen) atoms. The Balaban J connectivity index is 1.11. The summed E-state index contributed by atoms with van der Waals surface area (Å²) in [6.07, 6.45) is 23.1. The van der Waals surface area contributed by atoms with Crippen LogP contribution in [0.15, 0.2) is 164 Å². The highest BCUT2D eigenvalue weighted by Gasteiger charge is 2.25. The molecule has 2 heterocycles. The van der Waals surface area contributed by atoms with E-state index >= 15 is 0 Å². The van der Waals surface area contributed by atoms with Gasteiger partial charge in [-0.1, -0.05) is 115 Å². The second kappa shape index (κ2) is 11.9. The predicted molar refractivity (Wildman–Crippen MR) is 212 cm³/mol. The van der Waals surface area contributed by atoms with Crippen molar-refractivity contribution in [2.45, 2.75) is 25.7 Å². The summed E-state index contributed by atoms with van der Waals surface area (Å²) in [5.41, 5.74) is 14.3. The number of aromatic nitrogens is 2. The number of para-hydroxylation sites is 2. The van der Waals surface area contributed by atoms with E-state index in [-0.39, 0.29) is 0 Å². The maximum absolute atomic E-state index is 2.56. The molecule has 3 aliphatic rings. The van der Waals surface area contributed by atoms with Gasteiger partial charge in [-0.05, 0) is 114 Å². The molecule has 2 aromatic heterocycles. The first-order valence-corrected chi connectivity index (χ1v) is 18.0. The minimum Gasteiger partial charge on any atom is -0.313 e. The van der Waals surface area contributed by atoms with Crippen LogP contribution in [0.25, 0.3) is 66.9 Å². The van der Waals surface area contributed by atoms with Crippen molar-refractivity contribution in [1.29, 1.82) is 0 Å². The SMILES string of the molecule is C1=CCC(C2C=CC(n3c4c(c5cc(-c6ccccc6)ccc53)C=C(c3ccc5c(c3)c3ccccc3n5-c3ccccc3)CC4)=CC2)C=C1. The number of hydrogen-bond acceptors (Lipinski definition) is 0. The first-order valence-electron chi connectivity index (χ1n) is 18.0. The number of rotatable bonds is 5. The van der Waals surface area contributed by atoms with E-state index in [1.807, 2.05) is 0 Å². The van der Waals surface area contributed by atoms with Crippen LogP contribution in [0.5, 0.6) is 0 Å². The quantitative estimate of drug-likeness (QED) is 0.177. The second-order valence-electron chi connectivity index (χ2n) is 14.0. The summed E-state index contributed by atoms with van der Waals surface area (Å²) in [5, 5.41) is 3.93. The van der Waals surface area contributed by atoms with Crippen LogP contribution < -0.4 is 0 Å². The molecule has 0 saturated heterocycles. The van der Waals surface area contributed by atoms with Gasteiger partial charge < -0.3 is 9.13 Å². The zero-order valence-corrected chi connectivity index (χ0v) is 28.0. The lowest BCUT2D eigenvalue weighted by atomic mass is 9.82. The molecule has 0 aliphatic heterocycles. The molecule has 240 valence electrons. The highest BCUT2D eigenvalue weighted by molar-refractivity contribution is 6.11. The average molecular weight is 643 g/mol. The van der Waals surface area contributed by atoms with Crippen molar-refractivity contribution in [2.75, 3.05) is 0 Å². The molecule has 3 aliphatic carbocycles. The van der Waals surface area contributed by atoms with Crippen LogP contribution in [0.2, 0.25) is 0 Å². The van der Waals surface area contributed by atoms with E-state index in [1.165, 1.54) is 77.6 Å². The molecule has 0 saturated carbocycles. The molecule has 2 heteroatoms. The summed E-state index contributed by atoms with van der Waals surface area (Å²) >= 11 is 0. The number of allylic oxidation sites excluding steroid dienone is 9. The molecular weight excluding hydrogens is 605 g/mol. The van der Waals surface area contributed by atoms with Crippen molar-refractivity contribution in [3.8, 4) is 16.8 Å². The Kier molecular flexibility index (Phi) is 6.94. The minimum atomic E-state index is 0.552. The predicted octanol–water partition coefficient (Wildman–Crippen LogP) is 12.4. The molecular formula is C48H38N2. The molecule has 0 bridgehead atoms. The van der Waals surface area contributed by atoms with Gasteiger partial charge in [0.15, 0.2) is 0 Å². The van der Waals surface area contributed by atoms with E-state index in [4.69, 9.17) is 0 Å². The van der Waals surface area contributed by atoms with Crippen molar-refractivity contribution < 1.29 is 0 Å². The first-order chi connectivity index (χ1) is 24.8. The summed E-state index contributed by atoms with van der Waals surface area (Å²) in [6.45, 7) is 0. The standard InChI is InChI=1S/C48H38N2/c1-4-12-33(13-5-1)35-20-25-40(26-21-35)50-47-27-22-36(34-14-6-2-7-15-34)30-43(47)44-32-38(24-29-48(44)50)37-23-28-46-42(31-37)41-18-10-11-19-45(41)49(46)39-16-8-3-9-17-39/h1-12,14-20,22-23,25-28,30-33,35H,13,21,24,29H2. The van der Waals surface area contributed by atoms with Gasteiger partial charge in [-0.25, -0.2) is 0 Å². The molecule has 7 aromatic rings. The van der Waals surface area contributed by atoms with Crippen molar-refractivity contribution in [2.24, 2.45) is 11.8 Å². The molecule has 10 rings (SSSR count). The van der Waals surface area contributed by atoms with Gasteiger partial charge in [0, 0.05) is 38.8 Å². The summed E-state index contributed by atoms with van der Waals surface area (Å²) in [5.74, 6) is 1.14. The van der Waals surface area contributed by atoms with Gasteiger partial charge in [-0.3, -0.25) is 0 Å². The van der Waals surface area contributed by atoms with E-state index in [0.29, 0.717) is 11.8 Å². The third-order valence-corrected chi connectivity index (χ3v) is 11.2. The maximum Gasteiger partial charge on any atom is 0.0541 e. The fourth-order valence-electron chi connectivity index (χ4n) is 8.66. The maximum atomic E-state index is 2.56. The lowest BCUT2D eigenvalue weighted by Crippen LogP contribution is -2.14. The van der Waals surface area contributed by atoms with Gasteiger partial charge in [-0.2, -0.15) is 0 Å². The van der Waals surface area contributed by atoms with E-state index < -0.39 is 0 Å². The zero-order valence-electron chi connectivity index (χ0n) is 28.0. The van der Waals surface area contributed by atoms with Crippen LogP contribution in [0.1, 0.15) is 36.1 Å². The van der Waals surface area contributed by atoms with Crippen molar-refractivity contribution in [3.63, 3.8) is 0 Å². The Bertz CT molecular complexity index is 2580. The van der Waals surface area contributed by atoms with Crippen LogP contribution >= 0.6 is 0 Å². The molecule has 0 N–H and O–H groups in total. The fraction of sp³-hybridized carbons (Fsp3) is 0.125. The van der Waals surface area contributed by atoms with Gasteiger partial charge >= 0.3 is 0 Å². The van der Waals surface area contributed by atoms with E-state index in [1.54, 1.807) is 0 Å². The van der Waals surface area contributed by atoms with E-state index in [2.05, 4.69) is 179 Å². The Morgan fingerprint density at radius 1 is 0.520 bits per heavy atom. The van der Waals surface area contributed by atoms with Crippen LogP contribution in [-0.4, -0.2) is 9.13 Å². The lowest BCUT2D eigenvalue weighted by molar-refractivity contribution is 0.478. The van der Waals surface area contributed by atoms with E-state index in [0.717, 1.165) is 25.7 Å². The summed E-state index contributed by atoms with van der Waals surface area (Å²) in [6, 6.07) is 44.5.